The minimum absolute atomic E-state index is 0.331. The smallest absolute Gasteiger partial charge is 0.393 e. The summed E-state index contributed by atoms with van der Waals surface area (Å²) in [7, 11) is 0. The molecule has 0 spiro atoms. The number of carboxylic acids is 1. The molecule has 1 aromatic rings. The van der Waals surface area contributed by atoms with Crippen LogP contribution in [0.5, 0.6) is 0 Å². The lowest BCUT2D eigenvalue weighted by Gasteiger charge is -2.25. The zero-order chi connectivity index (χ0) is 9.26. The SMILES string of the molecule is O=C(O)c1nnc(CC2CNC2)o1. The normalized spacial score (nSPS) is 16.9. The number of hydrogen-bond donors (Lipinski definition) is 2. The van der Waals surface area contributed by atoms with E-state index in [2.05, 4.69) is 15.5 Å². The molecular weight excluding hydrogens is 174 g/mol. The van der Waals surface area contributed by atoms with Gasteiger partial charge in [0.1, 0.15) is 0 Å². The Hall–Kier alpha value is -1.43. The minimum atomic E-state index is -1.18. The highest BCUT2D eigenvalue weighted by Crippen LogP contribution is 2.11. The van der Waals surface area contributed by atoms with Crippen LogP contribution in [0.3, 0.4) is 0 Å². The molecule has 13 heavy (non-hydrogen) atoms. The number of hydrogen-bond acceptors (Lipinski definition) is 5. The Morgan fingerprint density at radius 3 is 2.85 bits per heavy atom. The average Bonchev–Trinajstić information content (AvgIpc) is 2.44. The molecule has 2 heterocycles. The van der Waals surface area contributed by atoms with Crippen molar-refractivity contribution in [3.05, 3.63) is 11.8 Å². The van der Waals surface area contributed by atoms with E-state index in [0.717, 1.165) is 13.1 Å². The van der Waals surface area contributed by atoms with Crippen LogP contribution >= 0.6 is 0 Å². The van der Waals surface area contributed by atoms with Crippen molar-refractivity contribution in [3.8, 4) is 0 Å². The van der Waals surface area contributed by atoms with Gasteiger partial charge in [-0.3, -0.25) is 0 Å². The maximum absolute atomic E-state index is 10.4. The number of nitrogens with zero attached hydrogens (tertiary/aromatic N) is 2. The Kier molecular flexibility index (Phi) is 1.97. The summed E-state index contributed by atoms with van der Waals surface area (Å²) >= 11 is 0. The third-order valence-electron chi connectivity index (χ3n) is 1.98. The van der Waals surface area contributed by atoms with Crippen molar-refractivity contribution < 1.29 is 14.3 Å². The lowest BCUT2D eigenvalue weighted by molar-refractivity contribution is 0.0651. The third kappa shape index (κ3) is 1.67. The Morgan fingerprint density at radius 2 is 2.38 bits per heavy atom. The van der Waals surface area contributed by atoms with Gasteiger partial charge in [0, 0.05) is 6.42 Å². The van der Waals surface area contributed by atoms with Gasteiger partial charge in [-0.05, 0) is 19.0 Å². The van der Waals surface area contributed by atoms with Crippen molar-refractivity contribution in [2.75, 3.05) is 13.1 Å². The van der Waals surface area contributed by atoms with Crippen LogP contribution in [0.15, 0.2) is 4.42 Å². The maximum atomic E-state index is 10.4. The molecule has 1 aromatic heterocycles. The van der Waals surface area contributed by atoms with Crippen molar-refractivity contribution in [2.24, 2.45) is 5.92 Å². The number of rotatable bonds is 3. The summed E-state index contributed by atoms with van der Waals surface area (Å²) < 4.78 is 4.90. The zero-order valence-electron chi connectivity index (χ0n) is 6.86. The predicted octanol–water partition coefficient (Wildman–Crippen LogP) is -0.470. The molecule has 0 atom stereocenters. The monoisotopic (exact) mass is 183 g/mol. The number of nitrogens with one attached hydrogen (secondary N) is 1. The highest BCUT2D eigenvalue weighted by atomic mass is 16.4. The fraction of sp³-hybridized carbons (Fsp3) is 0.571. The van der Waals surface area contributed by atoms with E-state index in [-0.39, 0.29) is 5.89 Å². The van der Waals surface area contributed by atoms with Crippen LogP contribution in [0, 0.1) is 5.92 Å². The van der Waals surface area contributed by atoms with E-state index >= 15 is 0 Å². The van der Waals surface area contributed by atoms with Gasteiger partial charge >= 0.3 is 11.9 Å². The fourth-order valence-corrected chi connectivity index (χ4v) is 1.16. The summed E-state index contributed by atoms with van der Waals surface area (Å²) in [5, 5.41) is 18.6. The molecule has 0 aliphatic carbocycles. The van der Waals surface area contributed by atoms with Gasteiger partial charge in [-0.25, -0.2) is 4.79 Å². The van der Waals surface area contributed by atoms with E-state index in [9.17, 15) is 4.79 Å². The molecule has 0 radical (unpaired) electrons. The summed E-state index contributed by atoms with van der Waals surface area (Å²) in [4.78, 5) is 10.4. The Bertz CT molecular complexity index is 319. The maximum Gasteiger partial charge on any atom is 0.393 e. The predicted molar refractivity (Wildman–Crippen MR) is 41.3 cm³/mol. The first-order chi connectivity index (χ1) is 6.25. The van der Waals surface area contributed by atoms with Gasteiger partial charge in [-0.1, -0.05) is 0 Å². The second kappa shape index (κ2) is 3.14. The van der Waals surface area contributed by atoms with E-state index in [1.807, 2.05) is 0 Å². The molecule has 2 rings (SSSR count). The van der Waals surface area contributed by atoms with Crippen molar-refractivity contribution in [1.29, 1.82) is 0 Å². The molecule has 0 aromatic carbocycles. The molecule has 2 N–H and O–H groups in total. The van der Waals surface area contributed by atoms with Crippen LogP contribution in [0.2, 0.25) is 0 Å². The summed E-state index contributed by atoms with van der Waals surface area (Å²) in [5.41, 5.74) is 0. The van der Waals surface area contributed by atoms with E-state index in [0.29, 0.717) is 18.2 Å². The van der Waals surface area contributed by atoms with Gasteiger partial charge in [0.15, 0.2) is 0 Å². The largest absolute Gasteiger partial charge is 0.474 e. The van der Waals surface area contributed by atoms with Crippen LogP contribution in [-0.2, 0) is 6.42 Å². The molecular formula is C7H9N3O3. The van der Waals surface area contributed by atoms with E-state index in [1.165, 1.54) is 0 Å². The van der Waals surface area contributed by atoms with Crippen LogP contribution in [0.25, 0.3) is 0 Å². The van der Waals surface area contributed by atoms with Crippen molar-refractivity contribution in [3.63, 3.8) is 0 Å². The van der Waals surface area contributed by atoms with Gasteiger partial charge in [-0.15, -0.1) is 10.2 Å². The average molecular weight is 183 g/mol. The van der Waals surface area contributed by atoms with Crippen LogP contribution in [-0.4, -0.2) is 34.4 Å². The van der Waals surface area contributed by atoms with Crippen molar-refractivity contribution in [1.82, 2.24) is 15.5 Å². The van der Waals surface area contributed by atoms with Gasteiger partial charge in [0.25, 0.3) is 0 Å². The van der Waals surface area contributed by atoms with Crippen molar-refractivity contribution >= 4 is 5.97 Å². The second-order valence-corrected chi connectivity index (χ2v) is 3.03. The highest BCUT2D eigenvalue weighted by molar-refractivity contribution is 5.81. The molecule has 70 valence electrons. The second-order valence-electron chi connectivity index (χ2n) is 3.03. The van der Waals surface area contributed by atoms with Gasteiger partial charge < -0.3 is 14.8 Å². The summed E-state index contributed by atoms with van der Waals surface area (Å²) in [6.07, 6.45) is 0.660. The Balaban J connectivity index is 2.00. The minimum Gasteiger partial charge on any atom is -0.474 e. The first kappa shape index (κ1) is 8.18. The van der Waals surface area contributed by atoms with Crippen LogP contribution in [0.1, 0.15) is 16.6 Å². The molecule has 0 saturated carbocycles. The highest BCUT2D eigenvalue weighted by Gasteiger charge is 2.21. The van der Waals surface area contributed by atoms with Crippen LogP contribution in [0.4, 0.5) is 0 Å². The molecule has 1 aliphatic heterocycles. The van der Waals surface area contributed by atoms with Gasteiger partial charge in [-0.2, -0.15) is 0 Å². The van der Waals surface area contributed by atoms with Gasteiger partial charge in [0.05, 0.1) is 0 Å². The standard InChI is InChI=1S/C7H9N3O3/c11-7(12)6-10-9-5(13-6)1-4-2-8-3-4/h4,8H,1-3H2,(H,11,12). The van der Waals surface area contributed by atoms with E-state index in [4.69, 9.17) is 9.52 Å². The van der Waals surface area contributed by atoms with E-state index in [1.54, 1.807) is 0 Å². The molecule has 0 bridgehead atoms. The fourth-order valence-electron chi connectivity index (χ4n) is 1.16. The van der Waals surface area contributed by atoms with Crippen molar-refractivity contribution in [2.45, 2.75) is 6.42 Å². The molecule has 1 aliphatic rings. The lowest BCUT2D eigenvalue weighted by atomic mass is 10.00. The molecule has 6 heteroatoms. The molecule has 0 amide bonds. The number of carbonyl (C=O) groups is 1. The van der Waals surface area contributed by atoms with Gasteiger partial charge in [0.2, 0.25) is 5.89 Å². The Morgan fingerprint density at radius 1 is 1.62 bits per heavy atom. The zero-order valence-corrected chi connectivity index (χ0v) is 6.86. The topological polar surface area (TPSA) is 88.2 Å². The van der Waals surface area contributed by atoms with Crippen LogP contribution < -0.4 is 5.32 Å². The third-order valence-corrected chi connectivity index (χ3v) is 1.98. The number of carboxylic acid groups (broad SMARTS) is 1. The molecule has 6 nitrogen and oxygen atoms in total. The first-order valence-electron chi connectivity index (χ1n) is 4.02. The number of aromatic carboxylic acids is 1. The lowest BCUT2D eigenvalue weighted by Crippen LogP contribution is -2.43. The van der Waals surface area contributed by atoms with E-state index < -0.39 is 5.97 Å². The first-order valence-corrected chi connectivity index (χ1v) is 4.02. The summed E-state index contributed by atoms with van der Waals surface area (Å²) in [5.74, 6) is -0.598. The number of aromatic nitrogens is 2. The quantitative estimate of drug-likeness (QED) is 0.658. The summed E-state index contributed by atoms with van der Waals surface area (Å²) in [6.45, 7) is 1.87. The summed E-state index contributed by atoms with van der Waals surface area (Å²) in [6, 6.07) is 0. The Labute approximate surface area is 74.0 Å². The molecule has 0 unspecified atom stereocenters. The molecule has 1 fully saturated rings. The molecule has 1 saturated heterocycles.